The molecule has 0 aliphatic heterocycles. The van der Waals surface area contributed by atoms with Crippen molar-refractivity contribution in [3.63, 3.8) is 0 Å². The number of nitrogens with zero attached hydrogens (tertiary/aromatic N) is 3. The number of hydrogen-bond acceptors (Lipinski definition) is 5. The third-order valence-corrected chi connectivity index (χ3v) is 2.90. The summed E-state index contributed by atoms with van der Waals surface area (Å²) in [6.07, 6.45) is -4.54. The highest BCUT2D eigenvalue weighted by Gasteiger charge is 2.33. The molecule has 3 aromatic heterocycles. The van der Waals surface area contributed by atoms with Crippen LogP contribution in [0.1, 0.15) is 5.69 Å². The summed E-state index contributed by atoms with van der Waals surface area (Å²) >= 11 is 3.12. The minimum atomic E-state index is -4.54. The van der Waals surface area contributed by atoms with Crippen LogP contribution in [0.25, 0.3) is 23.2 Å². The molecule has 0 bridgehead atoms. The third-order valence-electron chi connectivity index (χ3n) is 2.48. The van der Waals surface area contributed by atoms with E-state index in [0.717, 1.165) is 6.07 Å². The van der Waals surface area contributed by atoms with Gasteiger partial charge in [0.05, 0.1) is 0 Å². The molecular formula is C12H5BrF3N3O2. The van der Waals surface area contributed by atoms with Gasteiger partial charge in [-0.1, -0.05) is 11.2 Å². The van der Waals surface area contributed by atoms with E-state index < -0.39 is 11.9 Å². The van der Waals surface area contributed by atoms with Gasteiger partial charge in [0.2, 0.25) is 5.82 Å². The molecule has 21 heavy (non-hydrogen) atoms. The molecule has 3 rings (SSSR count). The number of furan rings is 1. The van der Waals surface area contributed by atoms with Gasteiger partial charge in [-0.2, -0.15) is 18.2 Å². The normalized spacial score (nSPS) is 11.8. The Labute approximate surface area is 123 Å². The second kappa shape index (κ2) is 4.99. The standard InChI is InChI=1S/C12H5BrF3N3O2/c13-9-5-4-7(20-9)10-18-11(21-19-10)6-2-1-3-8(17-6)12(14,15)16/h1-5H. The van der Waals surface area contributed by atoms with E-state index in [2.05, 4.69) is 31.1 Å². The Morgan fingerprint density at radius 2 is 1.86 bits per heavy atom. The zero-order valence-corrected chi connectivity index (χ0v) is 11.6. The van der Waals surface area contributed by atoms with Crippen LogP contribution in [0.4, 0.5) is 13.2 Å². The van der Waals surface area contributed by atoms with E-state index in [0.29, 0.717) is 10.4 Å². The molecule has 108 valence electrons. The fourth-order valence-corrected chi connectivity index (χ4v) is 1.88. The molecule has 5 nitrogen and oxygen atoms in total. The highest BCUT2D eigenvalue weighted by atomic mass is 79.9. The fraction of sp³-hybridized carbons (Fsp3) is 0.0833. The molecule has 0 spiro atoms. The zero-order chi connectivity index (χ0) is 15.0. The van der Waals surface area contributed by atoms with Gasteiger partial charge < -0.3 is 8.94 Å². The number of rotatable bonds is 2. The maximum atomic E-state index is 12.6. The van der Waals surface area contributed by atoms with Gasteiger partial charge in [-0.3, -0.25) is 0 Å². The van der Waals surface area contributed by atoms with Crippen molar-refractivity contribution < 1.29 is 22.1 Å². The van der Waals surface area contributed by atoms with E-state index in [-0.39, 0.29) is 17.4 Å². The van der Waals surface area contributed by atoms with Crippen LogP contribution in [0, 0.1) is 0 Å². The summed E-state index contributed by atoms with van der Waals surface area (Å²) in [5.41, 5.74) is -1.09. The summed E-state index contributed by atoms with van der Waals surface area (Å²) < 4.78 is 48.4. The average molecular weight is 360 g/mol. The Bertz CT molecular complexity index is 782. The minimum absolute atomic E-state index is 0.0609. The predicted octanol–water partition coefficient (Wildman–Crippen LogP) is 4.17. The van der Waals surface area contributed by atoms with Crippen LogP contribution >= 0.6 is 15.9 Å². The first-order valence-corrected chi connectivity index (χ1v) is 6.37. The van der Waals surface area contributed by atoms with E-state index in [4.69, 9.17) is 8.94 Å². The Hall–Kier alpha value is -2.16. The summed E-state index contributed by atoms with van der Waals surface area (Å²) in [5.74, 6) is 0.322. The van der Waals surface area contributed by atoms with Gasteiger partial charge in [-0.15, -0.1) is 0 Å². The Kier molecular flexibility index (Phi) is 3.28. The monoisotopic (exact) mass is 359 g/mol. The number of aromatic nitrogens is 3. The molecule has 0 unspecified atom stereocenters. The molecule has 0 fully saturated rings. The first-order valence-electron chi connectivity index (χ1n) is 5.57. The first kappa shape index (κ1) is 13.8. The van der Waals surface area contributed by atoms with Gasteiger partial charge in [0.1, 0.15) is 11.4 Å². The molecule has 9 heteroatoms. The maximum Gasteiger partial charge on any atom is 0.433 e. The first-order chi connectivity index (χ1) is 9.93. The highest BCUT2D eigenvalue weighted by molar-refractivity contribution is 9.10. The summed E-state index contributed by atoms with van der Waals surface area (Å²) in [6, 6.07) is 6.67. The van der Waals surface area contributed by atoms with Crippen LogP contribution in [0.5, 0.6) is 0 Å². The van der Waals surface area contributed by atoms with Crippen LogP contribution < -0.4 is 0 Å². The molecule has 0 saturated heterocycles. The van der Waals surface area contributed by atoms with Crippen LogP contribution in [0.15, 0.2) is 43.9 Å². The smallest absolute Gasteiger partial charge is 0.433 e. The lowest BCUT2D eigenvalue weighted by atomic mass is 10.3. The van der Waals surface area contributed by atoms with E-state index in [1.165, 1.54) is 12.1 Å². The molecule has 0 atom stereocenters. The Morgan fingerprint density at radius 3 is 2.52 bits per heavy atom. The van der Waals surface area contributed by atoms with Crippen LogP contribution in [-0.4, -0.2) is 15.1 Å². The summed E-state index contributed by atoms with van der Waals surface area (Å²) in [6.45, 7) is 0. The van der Waals surface area contributed by atoms with E-state index >= 15 is 0 Å². The Morgan fingerprint density at radius 1 is 1.05 bits per heavy atom. The number of halogens is 4. The van der Waals surface area contributed by atoms with Crippen molar-refractivity contribution >= 4 is 15.9 Å². The molecule has 0 saturated carbocycles. The van der Waals surface area contributed by atoms with Gasteiger partial charge in [0.25, 0.3) is 5.89 Å². The molecule has 3 aromatic rings. The average Bonchev–Trinajstić information content (AvgIpc) is 3.06. The van der Waals surface area contributed by atoms with Crippen LogP contribution in [-0.2, 0) is 6.18 Å². The van der Waals surface area contributed by atoms with Gasteiger partial charge in [0.15, 0.2) is 10.4 Å². The van der Waals surface area contributed by atoms with Gasteiger partial charge in [0, 0.05) is 0 Å². The van der Waals surface area contributed by atoms with Crippen molar-refractivity contribution in [3.05, 3.63) is 40.7 Å². The summed E-state index contributed by atoms with van der Waals surface area (Å²) in [5, 5.41) is 3.65. The fourth-order valence-electron chi connectivity index (χ4n) is 1.57. The molecule has 0 radical (unpaired) electrons. The molecule has 0 aliphatic rings. The molecule has 0 aromatic carbocycles. The largest absolute Gasteiger partial charge is 0.446 e. The second-order valence-electron chi connectivity index (χ2n) is 3.93. The van der Waals surface area contributed by atoms with Gasteiger partial charge in [-0.05, 0) is 40.2 Å². The predicted molar refractivity (Wildman–Crippen MR) is 67.9 cm³/mol. The maximum absolute atomic E-state index is 12.6. The molecule has 0 N–H and O–H groups in total. The minimum Gasteiger partial charge on any atom is -0.446 e. The quantitative estimate of drug-likeness (QED) is 0.686. The van der Waals surface area contributed by atoms with Gasteiger partial charge >= 0.3 is 6.18 Å². The lowest BCUT2D eigenvalue weighted by molar-refractivity contribution is -0.141. The van der Waals surface area contributed by atoms with Crippen molar-refractivity contribution in [2.45, 2.75) is 6.18 Å². The van der Waals surface area contributed by atoms with E-state index in [1.54, 1.807) is 12.1 Å². The SMILES string of the molecule is FC(F)(F)c1cccc(-c2nc(-c3ccc(Br)o3)no2)n1. The van der Waals surface area contributed by atoms with Crippen LogP contribution in [0.2, 0.25) is 0 Å². The molecule has 3 heterocycles. The molecule has 0 amide bonds. The zero-order valence-electron chi connectivity index (χ0n) is 10.1. The van der Waals surface area contributed by atoms with E-state index in [9.17, 15) is 13.2 Å². The topological polar surface area (TPSA) is 65.0 Å². The van der Waals surface area contributed by atoms with Crippen LogP contribution in [0.3, 0.4) is 0 Å². The lowest BCUT2D eigenvalue weighted by Crippen LogP contribution is -2.08. The van der Waals surface area contributed by atoms with E-state index in [1.807, 2.05) is 0 Å². The van der Waals surface area contributed by atoms with Crippen molar-refractivity contribution in [2.24, 2.45) is 0 Å². The third kappa shape index (κ3) is 2.82. The second-order valence-corrected chi connectivity index (χ2v) is 4.71. The van der Waals surface area contributed by atoms with Crippen molar-refractivity contribution in [1.29, 1.82) is 0 Å². The number of alkyl halides is 3. The number of hydrogen-bond donors (Lipinski definition) is 0. The Balaban J connectivity index is 1.97. The number of pyridine rings is 1. The highest BCUT2D eigenvalue weighted by Crippen LogP contribution is 2.30. The lowest BCUT2D eigenvalue weighted by Gasteiger charge is -2.05. The molecular weight excluding hydrogens is 355 g/mol. The van der Waals surface area contributed by atoms with Gasteiger partial charge in [-0.25, -0.2) is 4.98 Å². The van der Waals surface area contributed by atoms with Crippen molar-refractivity contribution in [3.8, 4) is 23.2 Å². The van der Waals surface area contributed by atoms with Crippen molar-refractivity contribution in [2.75, 3.05) is 0 Å². The van der Waals surface area contributed by atoms with Crippen molar-refractivity contribution in [1.82, 2.24) is 15.1 Å². The summed E-state index contributed by atoms with van der Waals surface area (Å²) in [7, 11) is 0. The summed E-state index contributed by atoms with van der Waals surface area (Å²) in [4.78, 5) is 7.43. The molecule has 0 aliphatic carbocycles.